The van der Waals surface area contributed by atoms with E-state index in [1.807, 2.05) is 6.07 Å². The summed E-state index contributed by atoms with van der Waals surface area (Å²) in [6.07, 6.45) is 1.62. The summed E-state index contributed by atoms with van der Waals surface area (Å²) in [6, 6.07) is 9.08. The van der Waals surface area contributed by atoms with Crippen LogP contribution in [0, 0.1) is 5.82 Å². The number of fused-ring (bicyclic) bond motifs is 1. The number of benzene rings is 2. The Bertz CT molecular complexity index is 797. The second-order valence-electron chi connectivity index (χ2n) is 4.32. The lowest BCUT2D eigenvalue weighted by Crippen LogP contribution is -2.14. The Balaban J connectivity index is 1.94. The molecule has 100 valence electrons. The molecule has 4 N–H and O–H groups in total. The van der Waals surface area contributed by atoms with Crippen LogP contribution in [-0.2, 0) is 0 Å². The summed E-state index contributed by atoms with van der Waals surface area (Å²) in [4.78, 5) is 12.2. The van der Waals surface area contributed by atoms with Gasteiger partial charge in [0.15, 0.2) is 0 Å². The Hall–Kier alpha value is -2.89. The van der Waals surface area contributed by atoms with Gasteiger partial charge in [0.25, 0.3) is 5.91 Å². The Morgan fingerprint density at radius 1 is 1.30 bits per heavy atom. The standard InChI is InChI=1S/C14H11FN4O/c15-8-4-5-9(11(16)6-8)14(20)18-12-2-1-3-13-10(12)7-17-19-13/h1-7H,16H2,(H,17,19)(H,18,20). The zero-order valence-corrected chi connectivity index (χ0v) is 10.4. The minimum absolute atomic E-state index is 0.0990. The highest BCUT2D eigenvalue weighted by molar-refractivity contribution is 6.11. The monoisotopic (exact) mass is 270 g/mol. The molecule has 0 aliphatic heterocycles. The van der Waals surface area contributed by atoms with Gasteiger partial charge in [0.05, 0.1) is 23.0 Å². The van der Waals surface area contributed by atoms with Crippen LogP contribution in [0.15, 0.2) is 42.6 Å². The Kier molecular flexibility index (Phi) is 2.83. The highest BCUT2D eigenvalue weighted by Crippen LogP contribution is 2.22. The maximum absolute atomic E-state index is 13.0. The highest BCUT2D eigenvalue weighted by Gasteiger charge is 2.12. The van der Waals surface area contributed by atoms with Crippen molar-refractivity contribution < 1.29 is 9.18 Å². The van der Waals surface area contributed by atoms with Crippen LogP contribution in [0.2, 0.25) is 0 Å². The lowest BCUT2D eigenvalue weighted by atomic mass is 10.1. The number of nitrogen functional groups attached to an aromatic ring is 1. The molecule has 6 heteroatoms. The van der Waals surface area contributed by atoms with E-state index >= 15 is 0 Å². The molecule has 20 heavy (non-hydrogen) atoms. The van der Waals surface area contributed by atoms with Gasteiger partial charge in [0, 0.05) is 11.1 Å². The molecule has 0 atom stereocenters. The topological polar surface area (TPSA) is 83.8 Å². The SMILES string of the molecule is Nc1cc(F)ccc1C(=O)Nc1cccc2[nH]ncc12. The van der Waals surface area contributed by atoms with Gasteiger partial charge in [-0.2, -0.15) is 5.10 Å². The molecular weight excluding hydrogens is 259 g/mol. The number of H-pyrrole nitrogens is 1. The van der Waals surface area contributed by atoms with E-state index in [2.05, 4.69) is 15.5 Å². The predicted octanol–water partition coefficient (Wildman–Crippen LogP) is 2.54. The van der Waals surface area contributed by atoms with Gasteiger partial charge in [-0.15, -0.1) is 0 Å². The number of hydrogen-bond donors (Lipinski definition) is 3. The van der Waals surface area contributed by atoms with Gasteiger partial charge in [-0.05, 0) is 30.3 Å². The normalized spacial score (nSPS) is 10.7. The van der Waals surface area contributed by atoms with Gasteiger partial charge in [0.2, 0.25) is 0 Å². The summed E-state index contributed by atoms with van der Waals surface area (Å²) in [5.41, 5.74) is 7.41. The number of aromatic amines is 1. The second kappa shape index (κ2) is 4.65. The minimum atomic E-state index is -0.476. The molecule has 0 bridgehead atoms. The number of nitrogens with two attached hydrogens (primary N) is 1. The van der Waals surface area contributed by atoms with Crippen molar-refractivity contribution >= 4 is 28.2 Å². The largest absolute Gasteiger partial charge is 0.398 e. The smallest absolute Gasteiger partial charge is 0.257 e. The predicted molar refractivity (Wildman–Crippen MR) is 74.9 cm³/mol. The van der Waals surface area contributed by atoms with Crippen molar-refractivity contribution in [2.45, 2.75) is 0 Å². The third-order valence-corrected chi connectivity index (χ3v) is 2.99. The number of carbonyl (C=O) groups excluding carboxylic acids is 1. The zero-order valence-electron chi connectivity index (χ0n) is 10.4. The first-order valence-electron chi connectivity index (χ1n) is 5.93. The molecule has 0 aliphatic carbocycles. The maximum Gasteiger partial charge on any atom is 0.257 e. The average Bonchev–Trinajstić information content (AvgIpc) is 2.87. The molecule has 1 heterocycles. The van der Waals surface area contributed by atoms with E-state index < -0.39 is 11.7 Å². The maximum atomic E-state index is 13.0. The van der Waals surface area contributed by atoms with Crippen molar-refractivity contribution in [3.8, 4) is 0 Å². The second-order valence-corrected chi connectivity index (χ2v) is 4.32. The number of hydrogen-bond acceptors (Lipinski definition) is 3. The molecule has 0 unspecified atom stereocenters. The van der Waals surface area contributed by atoms with E-state index in [1.165, 1.54) is 12.1 Å². The van der Waals surface area contributed by atoms with Crippen LogP contribution in [0.5, 0.6) is 0 Å². The van der Waals surface area contributed by atoms with Crippen LogP contribution in [0.1, 0.15) is 10.4 Å². The first-order valence-corrected chi connectivity index (χ1v) is 5.93. The quantitative estimate of drug-likeness (QED) is 0.626. The summed E-state index contributed by atoms with van der Waals surface area (Å²) in [5, 5.41) is 10.3. The molecule has 3 rings (SSSR count). The molecule has 0 saturated carbocycles. The van der Waals surface area contributed by atoms with E-state index in [-0.39, 0.29) is 11.3 Å². The number of carbonyl (C=O) groups is 1. The van der Waals surface area contributed by atoms with Crippen LogP contribution in [-0.4, -0.2) is 16.1 Å². The van der Waals surface area contributed by atoms with Gasteiger partial charge in [-0.3, -0.25) is 9.89 Å². The Morgan fingerprint density at radius 3 is 2.95 bits per heavy atom. The summed E-state index contributed by atoms with van der Waals surface area (Å²) >= 11 is 0. The average molecular weight is 270 g/mol. The molecule has 1 amide bonds. The number of nitrogens with zero attached hydrogens (tertiary/aromatic N) is 1. The lowest BCUT2D eigenvalue weighted by molar-refractivity contribution is 0.102. The van der Waals surface area contributed by atoms with Crippen molar-refractivity contribution in [1.82, 2.24) is 10.2 Å². The molecule has 3 aromatic rings. The van der Waals surface area contributed by atoms with Crippen molar-refractivity contribution in [2.75, 3.05) is 11.1 Å². The molecule has 2 aromatic carbocycles. The number of amides is 1. The first-order chi connectivity index (χ1) is 9.65. The van der Waals surface area contributed by atoms with E-state index in [9.17, 15) is 9.18 Å². The van der Waals surface area contributed by atoms with Crippen LogP contribution >= 0.6 is 0 Å². The molecule has 5 nitrogen and oxygen atoms in total. The Labute approximate surface area is 113 Å². The van der Waals surface area contributed by atoms with Crippen molar-refractivity contribution in [3.63, 3.8) is 0 Å². The van der Waals surface area contributed by atoms with Gasteiger partial charge in [0.1, 0.15) is 5.82 Å². The number of rotatable bonds is 2. The third-order valence-electron chi connectivity index (χ3n) is 2.99. The Morgan fingerprint density at radius 2 is 2.15 bits per heavy atom. The van der Waals surface area contributed by atoms with Crippen molar-refractivity contribution in [1.29, 1.82) is 0 Å². The number of halogens is 1. The molecule has 0 fully saturated rings. The third kappa shape index (κ3) is 2.07. The van der Waals surface area contributed by atoms with E-state index in [0.29, 0.717) is 5.69 Å². The van der Waals surface area contributed by atoms with Gasteiger partial charge in [-0.1, -0.05) is 6.07 Å². The van der Waals surface area contributed by atoms with Crippen LogP contribution < -0.4 is 11.1 Å². The molecular formula is C14H11FN4O. The number of nitrogens with one attached hydrogen (secondary N) is 2. The van der Waals surface area contributed by atoms with E-state index in [0.717, 1.165) is 17.0 Å². The molecule has 0 radical (unpaired) electrons. The summed E-state index contributed by atoms with van der Waals surface area (Å²) in [6.45, 7) is 0. The van der Waals surface area contributed by atoms with Crippen LogP contribution in [0.25, 0.3) is 10.9 Å². The van der Waals surface area contributed by atoms with Gasteiger partial charge in [-0.25, -0.2) is 4.39 Å². The van der Waals surface area contributed by atoms with Crippen LogP contribution in [0.3, 0.4) is 0 Å². The van der Waals surface area contributed by atoms with Gasteiger partial charge >= 0.3 is 0 Å². The summed E-state index contributed by atoms with van der Waals surface area (Å²) in [5.74, 6) is -0.868. The fourth-order valence-corrected chi connectivity index (χ4v) is 2.01. The summed E-state index contributed by atoms with van der Waals surface area (Å²) in [7, 11) is 0. The highest BCUT2D eigenvalue weighted by atomic mass is 19.1. The first kappa shape index (κ1) is 12.2. The fourth-order valence-electron chi connectivity index (χ4n) is 2.01. The van der Waals surface area contributed by atoms with Crippen LogP contribution in [0.4, 0.5) is 15.8 Å². The fraction of sp³-hybridized carbons (Fsp3) is 0. The van der Waals surface area contributed by atoms with Crippen molar-refractivity contribution in [3.05, 3.63) is 54.0 Å². The number of aromatic nitrogens is 2. The summed E-state index contributed by atoms with van der Waals surface area (Å²) < 4.78 is 13.0. The van der Waals surface area contributed by atoms with E-state index in [4.69, 9.17) is 5.73 Å². The molecule has 0 aliphatic rings. The molecule has 0 spiro atoms. The molecule has 0 saturated heterocycles. The zero-order chi connectivity index (χ0) is 14.1. The number of anilines is 2. The van der Waals surface area contributed by atoms with Gasteiger partial charge < -0.3 is 11.1 Å². The lowest BCUT2D eigenvalue weighted by Gasteiger charge is -2.08. The minimum Gasteiger partial charge on any atom is -0.398 e. The van der Waals surface area contributed by atoms with E-state index in [1.54, 1.807) is 18.3 Å². The molecule has 1 aromatic heterocycles. The van der Waals surface area contributed by atoms with Crippen molar-refractivity contribution in [2.24, 2.45) is 0 Å².